The van der Waals surface area contributed by atoms with Gasteiger partial charge in [0.1, 0.15) is 16.6 Å². The number of nitriles is 1. The van der Waals surface area contributed by atoms with E-state index < -0.39 is 5.82 Å². The van der Waals surface area contributed by atoms with Crippen LogP contribution in [-0.2, 0) is 4.74 Å². The van der Waals surface area contributed by atoms with Crippen molar-refractivity contribution < 1.29 is 9.13 Å². The second kappa shape index (κ2) is 11.0. The molecule has 0 spiro atoms. The van der Waals surface area contributed by atoms with Crippen molar-refractivity contribution in [2.24, 2.45) is 0 Å². The first kappa shape index (κ1) is 23.6. The fourth-order valence-electron chi connectivity index (χ4n) is 3.11. The lowest BCUT2D eigenvalue weighted by atomic mass is 10.1. The van der Waals surface area contributed by atoms with Gasteiger partial charge in [0.15, 0.2) is 0 Å². The van der Waals surface area contributed by atoms with E-state index in [2.05, 4.69) is 26.7 Å². The molecule has 7 nitrogen and oxygen atoms in total. The minimum Gasteiger partial charge on any atom is -0.385 e. The summed E-state index contributed by atoms with van der Waals surface area (Å²) in [5, 5.41) is 18.1. The Hall–Kier alpha value is -3.58. The molecule has 0 unspecified atom stereocenters. The molecular formula is C24H20ClFN6OS. The third kappa shape index (κ3) is 5.66. The number of rotatable bonds is 9. The molecule has 2 aromatic carbocycles. The molecule has 0 aliphatic heterocycles. The highest BCUT2D eigenvalue weighted by Crippen LogP contribution is 2.33. The lowest BCUT2D eigenvalue weighted by molar-refractivity contribution is 0.198. The number of hydrogen-bond acceptors (Lipinski definition) is 8. The van der Waals surface area contributed by atoms with E-state index in [1.807, 2.05) is 17.5 Å². The summed E-state index contributed by atoms with van der Waals surface area (Å²) in [5.41, 5.74) is 3.65. The molecule has 2 aromatic heterocycles. The molecule has 0 amide bonds. The molecule has 4 aromatic rings. The zero-order valence-electron chi connectivity index (χ0n) is 18.2. The highest BCUT2D eigenvalue weighted by Gasteiger charge is 2.14. The standard InChI is InChI=1S/C24H20ClFN6OS/c1-33-10-2-9-28-22-18(13-29-24(32-22)30-17-7-8-20(26)19(25)11-17)23-31-21(14-34-23)16-5-3-15(12-27)4-6-16/h3-8,11,13-14H,2,9-10H2,1H3,(H2,28,29,30,32). The zero-order chi connectivity index (χ0) is 23.9. The molecule has 0 aliphatic carbocycles. The van der Waals surface area contributed by atoms with E-state index in [1.165, 1.54) is 23.5 Å². The average molecular weight is 495 g/mol. The van der Waals surface area contributed by atoms with Crippen molar-refractivity contribution in [2.75, 3.05) is 30.9 Å². The van der Waals surface area contributed by atoms with E-state index in [0.29, 0.717) is 36.2 Å². The van der Waals surface area contributed by atoms with E-state index in [1.54, 1.807) is 31.5 Å². The first-order valence-electron chi connectivity index (χ1n) is 10.4. The Morgan fingerprint density at radius 3 is 2.74 bits per heavy atom. The van der Waals surface area contributed by atoms with E-state index in [0.717, 1.165) is 28.2 Å². The van der Waals surface area contributed by atoms with Crippen LogP contribution in [0.2, 0.25) is 5.02 Å². The number of anilines is 3. The van der Waals surface area contributed by atoms with Crippen LogP contribution in [0.1, 0.15) is 12.0 Å². The first-order valence-corrected chi connectivity index (χ1v) is 11.6. The fourth-order valence-corrected chi connectivity index (χ4v) is 4.13. The molecule has 0 bridgehead atoms. The Morgan fingerprint density at radius 1 is 1.18 bits per heavy atom. The summed E-state index contributed by atoms with van der Waals surface area (Å²) in [6, 6.07) is 13.7. The van der Waals surface area contributed by atoms with Crippen molar-refractivity contribution in [3.63, 3.8) is 0 Å². The van der Waals surface area contributed by atoms with E-state index in [-0.39, 0.29) is 5.02 Å². The molecule has 0 fully saturated rings. The van der Waals surface area contributed by atoms with Crippen molar-refractivity contribution in [2.45, 2.75) is 6.42 Å². The number of nitrogens with one attached hydrogen (secondary N) is 2. The van der Waals surface area contributed by atoms with Crippen LogP contribution in [0.25, 0.3) is 21.8 Å². The van der Waals surface area contributed by atoms with E-state index in [4.69, 9.17) is 26.6 Å². The number of methoxy groups -OCH3 is 1. The molecule has 0 saturated carbocycles. The third-order valence-corrected chi connectivity index (χ3v) is 5.99. The summed E-state index contributed by atoms with van der Waals surface area (Å²) in [6.45, 7) is 1.26. The molecule has 10 heteroatoms. The molecule has 4 rings (SSSR count). The molecular weight excluding hydrogens is 475 g/mol. The van der Waals surface area contributed by atoms with Crippen molar-refractivity contribution in [3.8, 4) is 27.9 Å². The summed E-state index contributed by atoms with van der Waals surface area (Å²) in [6.07, 6.45) is 2.49. The quantitative estimate of drug-likeness (QED) is 0.270. The van der Waals surface area contributed by atoms with Crippen LogP contribution in [0, 0.1) is 17.1 Å². The highest BCUT2D eigenvalue weighted by atomic mass is 35.5. The third-order valence-electron chi connectivity index (χ3n) is 4.83. The van der Waals surface area contributed by atoms with Crippen LogP contribution >= 0.6 is 22.9 Å². The summed E-state index contributed by atoms with van der Waals surface area (Å²) in [7, 11) is 1.66. The van der Waals surface area contributed by atoms with Gasteiger partial charge in [-0.3, -0.25) is 0 Å². The molecule has 0 saturated heterocycles. The van der Waals surface area contributed by atoms with Gasteiger partial charge in [0, 0.05) is 43.1 Å². The van der Waals surface area contributed by atoms with Crippen LogP contribution in [0.15, 0.2) is 54.0 Å². The van der Waals surface area contributed by atoms with Gasteiger partial charge in [0.2, 0.25) is 5.95 Å². The molecule has 34 heavy (non-hydrogen) atoms. The maximum absolute atomic E-state index is 13.5. The topological polar surface area (TPSA) is 95.8 Å². The van der Waals surface area contributed by atoms with Gasteiger partial charge in [-0.2, -0.15) is 10.2 Å². The predicted molar refractivity (Wildman–Crippen MR) is 133 cm³/mol. The zero-order valence-corrected chi connectivity index (χ0v) is 19.8. The second-order valence-electron chi connectivity index (χ2n) is 7.21. The number of hydrogen-bond donors (Lipinski definition) is 2. The van der Waals surface area contributed by atoms with Gasteiger partial charge >= 0.3 is 0 Å². The molecule has 0 radical (unpaired) electrons. The SMILES string of the molecule is COCCCNc1nc(Nc2ccc(F)c(Cl)c2)ncc1-c1nc(-c2ccc(C#N)cc2)cs1. The predicted octanol–water partition coefficient (Wildman–Crippen LogP) is 6.12. The van der Waals surface area contributed by atoms with Gasteiger partial charge < -0.3 is 15.4 Å². The van der Waals surface area contributed by atoms with E-state index in [9.17, 15) is 4.39 Å². The maximum Gasteiger partial charge on any atom is 0.229 e. The largest absolute Gasteiger partial charge is 0.385 e. The van der Waals surface area contributed by atoms with Gasteiger partial charge in [-0.1, -0.05) is 23.7 Å². The molecule has 0 aliphatic rings. The summed E-state index contributed by atoms with van der Waals surface area (Å²) in [4.78, 5) is 13.8. The first-order chi connectivity index (χ1) is 16.6. The minimum atomic E-state index is -0.495. The average Bonchev–Trinajstić information content (AvgIpc) is 3.34. The lowest BCUT2D eigenvalue weighted by Gasteiger charge is -2.12. The van der Waals surface area contributed by atoms with Crippen LogP contribution < -0.4 is 10.6 Å². The lowest BCUT2D eigenvalue weighted by Crippen LogP contribution is -2.09. The van der Waals surface area contributed by atoms with Crippen molar-refractivity contribution >= 4 is 40.4 Å². The van der Waals surface area contributed by atoms with Crippen molar-refractivity contribution in [1.29, 1.82) is 5.26 Å². The number of nitrogens with zero attached hydrogens (tertiary/aromatic N) is 4. The summed E-state index contributed by atoms with van der Waals surface area (Å²) >= 11 is 7.36. The van der Waals surface area contributed by atoms with Crippen LogP contribution in [0.5, 0.6) is 0 Å². The fraction of sp³-hybridized carbons (Fsp3) is 0.167. The molecule has 0 atom stereocenters. The number of ether oxygens (including phenoxy) is 1. The van der Waals surface area contributed by atoms with Crippen LogP contribution in [0.3, 0.4) is 0 Å². The monoisotopic (exact) mass is 494 g/mol. The van der Waals surface area contributed by atoms with Gasteiger partial charge in [-0.25, -0.2) is 14.4 Å². The minimum absolute atomic E-state index is 0.0117. The van der Waals surface area contributed by atoms with Gasteiger partial charge in [0.05, 0.1) is 27.9 Å². The van der Waals surface area contributed by atoms with Gasteiger partial charge in [-0.15, -0.1) is 11.3 Å². The molecule has 2 heterocycles. The van der Waals surface area contributed by atoms with Crippen LogP contribution in [-0.4, -0.2) is 35.2 Å². The van der Waals surface area contributed by atoms with Crippen molar-refractivity contribution in [1.82, 2.24) is 15.0 Å². The van der Waals surface area contributed by atoms with Crippen LogP contribution in [0.4, 0.5) is 21.8 Å². The highest BCUT2D eigenvalue weighted by molar-refractivity contribution is 7.13. The normalized spacial score (nSPS) is 10.6. The summed E-state index contributed by atoms with van der Waals surface area (Å²) in [5.74, 6) is 0.456. The Bertz CT molecular complexity index is 1320. The van der Waals surface area contributed by atoms with E-state index >= 15 is 0 Å². The Balaban J connectivity index is 1.62. The number of aromatic nitrogens is 3. The molecule has 2 N–H and O–H groups in total. The number of benzene rings is 2. The maximum atomic E-state index is 13.5. The number of halogens is 2. The second-order valence-corrected chi connectivity index (χ2v) is 8.48. The Labute approximate surface area is 205 Å². The summed E-state index contributed by atoms with van der Waals surface area (Å²) < 4.78 is 18.6. The van der Waals surface area contributed by atoms with Gasteiger partial charge in [0.25, 0.3) is 0 Å². The smallest absolute Gasteiger partial charge is 0.229 e. The van der Waals surface area contributed by atoms with Gasteiger partial charge in [-0.05, 0) is 36.8 Å². The molecule has 172 valence electrons. The Kier molecular flexibility index (Phi) is 7.65. The number of thiazole rings is 1. The Morgan fingerprint density at radius 2 is 2.00 bits per heavy atom. The van der Waals surface area contributed by atoms with Crippen molar-refractivity contribution in [3.05, 3.63) is 70.4 Å².